The van der Waals surface area contributed by atoms with E-state index in [-0.39, 0.29) is 24.1 Å². The van der Waals surface area contributed by atoms with Crippen LogP contribution in [0.5, 0.6) is 0 Å². The first-order valence-corrected chi connectivity index (χ1v) is 7.31. The van der Waals surface area contributed by atoms with Gasteiger partial charge in [-0.05, 0) is 44.1 Å². The highest BCUT2D eigenvalue weighted by Gasteiger charge is 2.37. The standard InChI is InChI=1S/C14H23N3O3/c1-17-13(19)7-11(14(17)20)16-12(18)6-9-2-4-10(8-15)5-3-9/h9-11H,2-8,15H2,1H3,(H,16,18). The first-order valence-electron chi connectivity index (χ1n) is 7.31. The molecule has 112 valence electrons. The summed E-state index contributed by atoms with van der Waals surface area (Å²) in [6.45, 7) is 0.726. The van der Waals surface area contributed by atoms with Crippen molar-refractivity contribution in [2.45, 2.75) is 44.6 Å². The monoisotopic (exact) mass is 281 g/mol. The molecule has 2 rings (SSSR count). The number of hydrogen-bond donors (Lipinski definition) is 2. The van der Waals surface area contributed by atoms with Crippen molar-refractivity contribution in [3.8, 4) is 0 Å². The van der Waals surface area contributed by atoms with Gasteiger partial charge in [-0.1, -0.05) is 0 Å². The molecule has 0 spiro atoms. The molecular formula is C14H23N3O3. The summed E-state index contributed by atoms with van der Waals surface area (Å²) < 4.78 is 0. The van der Waals surface area contributed by atoms with Crippen molar-refractivity contribution in [1.82, 2.24) is 10.2 Å². The Kier molecular flexibility index (Phi) is 4.75. The number of likely N-dealkylation sites (N-methyl/N-ethyl adjacent to an activating group) is 1. The first-order chi connectivity index (χ1) is 9.51. The van der Waals surface area contributed by atoms with Crippen molar-refractivity contribution in [2.24, 2.45) is 17.6 Å². The van der Waals surface area contributed by atoms with E-state index in [1.807, 2.05) is 0 Å². The number of hydrogen-bond acceptors (Lipinski definition) is 4. The van der Waals surface area contributed by atoms with Crippen LogP contribution in [0, 0.1) is 11.8 Å². The van der Waals surface area contributed by atoms with Gasteiger partial charge in [0.25, 0.3) is 5.91 Å². The number of rotatable bonds is 4. The minimum atomic E-state index is -0.666. The van der Waals surface area contributed by atoms with Gasteiger partial charge in [0.2, 0.25) is 11.8 Å². The summed E-state index contributed by atoms with van der Waals surface area (Å²) in [7, 11) is 1.45. The first kappa shape index (κ1) is 15.0. The molecule has 0 bridgehead atoms. The number of carbonyl (C=O) groups is 3. The number of nitrogens with one attached hydrogen (secondary N) is 1. The molecule has 1 aliphatic heterocycles. The summed E-state index contributed by atoms with van der Waals surface area (Å²) >= 11 is 0. The van der Waals surface area contributed by atoms with Gasteiger partial charge in [0, 0.05) is 13.5 Å². The second kappa shape index (κ2) is 6.35. The Balaban J connectivity index is 1.76. The molecule has 1 saturated heterocycles. The molecule has 2 aliphatic rings. The summed E-state index contributed by atoms with van der Waals surface area (Å²) in [6, 6.07) is -0.666. The predicted octanol–water partition coefficient (Wildman–Crippen LogP) is 0.0151. The Hall–Kier alpha value is -1.43. The minimum absolute atomic E-state index is 0.0843. The van der Waals surface area contributed by atoms with E-state index >= 15 is 0 Å². The van der Waals surface area contributed by atoms with Crippen LogP contribution in [0.25, 0.3) is 0 Å². The fraction of sp³-hybridized carbons (Fsp3) is 0.786. The predicted molar refractivity (Wildman–Crippen MR) is 73.4 cm³/mol. The van der Waals surface area contributed by atoms with Crippen molar-refractivity contribution in [3.05, 3.63) is 0 Å². The smallest absolute Gasteiger partial charge is 0.252 e. The van der Waals surface area contributed by atoms with Crippen LogP contribution in [-0.2, 0) is 14.4 Å². The van der Waals surface area contributed by atoms with Gasteiger partial charge in [-0.15, -0.1) is 0 Å². The third kappa shape index (κ3) is 3.36. The SMILES string of the molecule is CN1C(=O)CC(NC(=O)CC2CCC(CN)CC2)C1=O. The number of nitrogens with zero attached hydrogens (tertiary/aromatic N) is 1. The maximum Gasteiger partial charge on any atom is 0.252 e. The summed E-state index contributed by atoms with van der Waals surface area (Å²) in [5.41, 5.74) is 5.65. The van der Waals surface area contributed by atoms with E-state index in [1.54, 1.807) is 0 Å². The van der Waals surface area contributed by atoms with Crippen molar-refractivity contribution in [3.63, 3.8) is 0 Å². The number of amides is 3. The molecule has 6 heteroatoms. The minimum Gasteiger partial charge on any atom is -0.344 e. The van der Waals surface area contributed by atoms with Crippen molar-refractivity contribution >= 4 is 17.7 Å². The highest BCUT2D eigenvalue weighted by atomic mass is 16.2. The quantitative estimate of drug-likeness (QED) is 0.710. The highest BCUT2D eigenvalue weighted by molar-refractivity contribution is 6.06. The molecule has 0 aromatic heterocycles. The summed E-state index contributed by atoms with van der Waals surface area (Å²) in [6.07, 6.45) is 4.73. The molecule has 1 aliphatic carbocycles. The van der Waals surface area contributed by atoms with Crippen LogP contribution in [0.4, 0.5) is 0 Å². The van der Waals surface area contributed by atoms with Crippen LogP contribution < -0.4 is 11.1 Å². The van der Waals surface area contributed by atoms with E-state index in [9.17, 15) is 14.4 Å². The van der Waals surface area contributed by atoms with Crippen molar-refractivity contribution in [2.75, 3.05) is 13.6 Å². The Morgan fingerprint density at radius 3 is 2.35 bits per heavy atom. The maximum absolute atomic E-state index is 12.0. The summed E-state index contributed by atoms with van der Waals surface area (Å²) in [5, 5.41) is 2.69. The zero-order valence-electron chi connectivity index (χ0n) is 11.9. The van der Waals surface area contributed by atoms with Gasteiger partial charge in [0.05, 0.1) is 6.42 Å². The van der Waals surface area contributed by atoms with Gasteiger partial charge in [0.1, 0.15) is 6.04 Å². The lowest BCUT2D eigenvalue weighted by Gasteiger charge is -2.27. The normalized spacial score (nSPS) is 30.7. The van der Waals surface area contributed by atoms with E-state index in [4.69, 9.17) is 5.73 Å². The van der Waals surface area contributed by atoms with E-state index in [2.05, 4.69) is 5.32 Å². The molecule has 6 nitrogen and oxygen atoms in total. The molecule has 20 heavy (non-hydrogen) atoms. The molecule has 2 fully saturated rings. The molecule has 0 aromatic rings. The summed E-state index contributed by atoms with van der Waals surface area (Å²) in [5.74, 6) is 0.307. The van der Waals surface area contributed by atoms with E-state index in [0.29, 0.717) is 18.3 Å². The largest absolute Gasteiger partial charge is 0.344 e. The van der Waals surface area contributed by atoms with Crippen LogP contribution in [0.3, 0.4) is 0 Å². The zero-order chi connectivity index (χ0) is 14.7. The molecule has 0 aromatic carbocycles. The number of imide groups is 1. The van der Waals surface area contributed by atoms with E-state index in [0.717, 1.165) is 37.1 Å². The van der Waals surface area contributed by atoms with Gasteiger partial charge in [-0.3, -0.25) is 19.3 Å². The molecule has 1 unspecified atom stereocenters. The van der Waals surface area contributed by atoms with Crippen LogP contribution in [-0.4, -0.2) is 42.3 Å². The third-order valence-electron chi connectivity index (χ3n) is 4.49. The van der Waals surface area contributed by atoms with E-state index in [1.165, 1.54) is 7.05 Å². The fourth-order valence-electron chi connectivity index (χ4n) is 3.06. The molecule has 3 amide bonds. The zero-order valence-corrected chi connectivity index (χ0v) is 11.9. The fourth-order valence-corrected chi connectivity index (χ4v) is 3.06. The number of nitrogens with two attached hydrogens (primary N) is 1. The number of carbonyl (C=O) groups excluding carboxylic acids is 3. The number of likely N-dealkylation sites (tertiary alicyclic amines) is 1. The Morgan fingerprint density at radius 2 is 1.85 bits per heavy atom. The summed E-state index contributed by atoms with van der Waals surface area (Å²) in [4.78, 5) is 36.1. The van der Waals surface area contributed by atoms with Gasteiger partial charge < -0.3 is 11.1 Å². The second-order valence-corrected chi connectivity index (χ2v) is 5.94. The maximum atomic E-state index is 12.0. The van der Waals surface area contributed by atoms with Crippen molar-refractivity contribution in [1.29, 1.82) is 0 Å². The lowest BCUT2D eigenvalue weighted by Crippen LogP contribution is -2.41. The second-order valence-electron chi connectivity index (χ2n) is 5.94. The lowest BCUT2D eigenvalue weighted by atomic mass is 9.80. The van der Waals surface area contributed by atoms with Crippen LogP contribution in [0.2, 0.25) is 0 Å². The Bertz CT molecular complexity index is 402. The lowest BCUT2D eigenvalue weighted by molar-refractivity contribution is -0.138. The Morgan fingerprint density at radius 1 is 1.25 bits per heavy atom. The van der Waals surface area contributed by atoms with Gasteiger partial charge in [0.15, 0.2) is 0 Å². The van der Waals surface area contributed by atoms with Gasteiger partial charge >= 0.3 is 0 Å². The Labute approximate surface area is 119 Å². The van der Waals surface area contributed by atoms with Crippen LogP contribution in [0.15, 0.2) is 0 Å². The average Bonchev–Trinajstić information content (AvgIpc) is 2.67. The highest BCUT2D eigenvalue weighted by Crippen LogP contribution is 2.30. The van der Waals surface area contributed by atoms with Crippen LogP contribution >= 0.6 is 0 Å². The van der Waals surface area contributed by atoms with Gasteiger partial charge in [-0.2, -0.15) is 0 Å². The molecule has 0 radical (unpaired) electrons. The topological polar surface area (TPSA) is 92.5 Å². The molecule has 1 saturated carbocycles. The average molecular weight is 281 g/mol. The van der Waals surface area contributed by atoms with E-state index < -0.39 is 6.04 Å². The molecular weight excluding hydrogens is 258 g/mol. The molecule has 3 N–H and O–H groups in total. The third-order valence-corrected chi connectivity index (χ3v) is 4.49. The molecule has 1 heterocycles. The van der Waals surface area contributed by atoms with Crippen LogP contribution in [0.1, 0.15) is 38.5 Å². The van der Waals surface area contributed by atoms with Gasteiger partial charge in [-0.25, -0.2) is 0 Å². The molecule has 1 atom stereocenters. The van der Waals surface area contributed by atoms with Crippen molar-refractivity contribution < 1.29 is 14.4 Å².